The minimum absolute atomic E-state index is 0.0207. The van der Waals surface area contributed by atoms with E-state index in [1.165, 1.54) is 0 Å². The number of rotatable bonds is 6. The Morgan fingerprint density at radius 1 is 0.970 bits per heavy atom. The fourth-order valence-electron chi connectivity index (χ4n) is 3.77. The summed E-state index contributed by atoms with van der Waals surface area (Å²) in [5.41, 5.74) is 3.34. The van der Waals surface area contributed by atoms with Gasteiger partial charge in [0, 0.05) is 30.1 Å². The van der Waals surface area contributed by atoms with Gasteiger partial charge in [-0.1, -0.05) is 36.4 Å². The Morgan fingerprint density at radius 2 is 1.79 bits per heavy atom. The van der Waals surface area contributed by atoms with E-state index < -0.39 is 0 Å². The molecule has 4 aromatic rings. The number of nitrogens with zero attached hydrogens (tertiary/aromatic N) is 5. The number of carbonyl (C=O) groups excluding carboxylic acids is 1. The van der Waals surface area contributed by atoms with Gasteiger partial charge in [-0.05, 0) is 36.8 Å². The molecule has 0 radical (unpaired) electrons. The Labute approximate surface area is 191 Å². The van der Waals surface area contributed by atoms with Gasteiger partial charge in [-0.15, -0.1) is 4.59 Å². The van der Waals surface area contributed by atoms with Crippen LogP contribution in [0.3, 0.4) is 0 Å². The molecule has 2 aromatic carbocycles. The van der Waals surface area contributed by atoms with E-state index in [9.17, 15) is 4.79 Å². The molecule has 0 amide bonds. The predicted molar refractivity (Wildman–Crippen MR) is 128 cm³/mol. The fraction of sp³-hybridized carbons (Fsp3) is 0.0800. The number of hydrogen-bond donors (Lipinski definition) is 2. The molecule has 2 aromatic heterocycles. The second kappa shape index (κ2) is 8.34. The fourth-order valence-corrected chi connectivity index (χ4v) is 3.77. The quantitative estimate of drug-likeness (QED) is 0.263. The van der Waals surface area contributed by atoms with Crippen molar-refractivity contribution in [3.8, 4) is 0 Å². The summed E-state index contributed by atoms with van der Waals surface area (Å²) in [5, 5.41) is 3.32. The number of anilines is 1. The largest absolute Gasteiger partial charge is 0.348 e. The van der Waals surface area contributed by atoms with Crippen molar-refractivity contribution in [2.75, 3.05) is 5.32 Å². The van der Waals surface area contributed by atoms with Crippen LogP contribution in [0.1, 0.15) is 34.6 Å². The van der Waals surface area contributed by atoms with E-state index in [4.69, 9.17) is 5.84 Å². The molecule has 0 aliphatic carbocycles. The lowest BCUT2D eigenvalue weighted by molar-refractivity contribution is 0.103. The van der Waals surface area contributed by atoms with Gasteiger partial charge >= 0.3 is 0 Å². The third-order valence-electron chi connectivity index (χ3n) is 5.58. The van der Waals surface area contributed by atoms with Crippen LogP contribution in [0.5, 0.6) is 0 Å². The van der Waals surface area contributed by atoms with Crippen LogP contribution in [0.25, 0.3) is 0 Å². The van der Waals surface area contributed by atoms with Crippen LogP contribution >= 0.6 is 0 Å². The molecule has 0 fully saturated rings. The van der Waals surface area contributed by atoms with Crippen molar-refractivity contribution in [2.24, 2.45) is 10.8 Å². The molecule has 0 saturated carbocycles. The lowest BCUT2D eigenvalue weighted by atomic mass is 10.1. The summed E-state index contributed by atoms with van der Waals surface area (Å²) in [6, 6.07) is 22.4. The van der Waals surface area contributed by atoms with Gasteiger partial charge in [-0.3, -0.25) is 9.78 Å². The van der Waals surface area contributed by atoms with Crippen molar-refractivity contribution in [2.45, 2.75) is 13.0 Å². The summed E-state index contributed by atoms with van der Waals surface area (Å²) in [5.74, 6) is 7.57. The molecule has 162 valence electrons. The standard InChI is InChI=1S/C25H22N7O/c1-17(18-7-3-2-4-8-18)30-25-28-14-12-23(31-25)32(26)16-29-21-15-19(10-11-22(21)32)24(33)20-9-5-6-13-27-20/h2-17H,26H2,1H3,(H,28,30,31)/q+1. The second-order valence-electron chi connectivity index (χ2n) is 7.78. The molecule has 2 unspecified atom stereocenters. The van der Waals surface area contributed by atoms with Crippen molar-refractivity contribution in [3.05, 3.63) is 102 Å². The molecular weight excluding hydrogens is 414 g/mol. The second-order valence-corrected chi connectivity index (χ2v) is 7.78. The van der Waals surface area contributed by atoms with Crippen molar-refractivity contribution < 1.29 is 4.79 Å². The summed E-state index contributed by atoms with van der Waals surface area (Å²) < 4.78 is -0.218. The number of nitrogens with one attached hydrogen (secondary N) is 1. The van der Waals surface area contributed by atoms with Gasteiger partial charge in [0.25, 0.3) is 5.82 Å². The minimum atomic E-state index is -0.218. The lowest BCUT2D eigenvalue weighted by Gasteiger charge is -2.23. The summed E-state index contributed by atoms with van der Waals surface area (Å²) in [7, 11) is 0. The smallest absolute Gasteiger partial charge is 0.263 e. The van der Waals surface area contributed by atoms with Crippen LogP contribution in [0.4, 0.5) is 23.1 Å². The molecule has 0 saturated heterocycles. The first-order chi connectivity index (χ1) is 16.0. The molecule has 1 aliphatic rings. The van der Waals surface area contributed by atoms with Gasteiger partial charge in [0.05, 0.1) is 6.04 Å². The number of hydrogen-bond acceptors (Lipinski definition) is 7. The Bertz CT molecular complexity index is 1340. The topological polar surface area (TPSA) is 106 Å². The van der Waals surface area contributed by atoms with Crippen LogP contribution in [-0.4, -0.2) is 27.1 Å². The highest BCUT2D eigenvalue weighted by Gasteiger charge is 2.38. The Morgan fingerprint density at radius 3 is 2.58 bits per heavy atom. The van der Waals surface area contributed by atoms with E-state index >= 15 is 0 Å². The predicted octanol–water partition coefficient (Wildman–Crippen LogP) is 4.46. The highest BCUT2D eigenvalue weighted by molar-refractivity contribution is 6.09. The van der Waals surface area contributed by atoms with Gasteiger partial charge in [0.1, 0.15) is 11.4 Å². The number of fused-ring (bicyclic) bond motifs is 1. The van der Waals surface area contributed by atoms with E-state index in [1.807, 2.05) is 37.3 Å². The van der Waals surface area contributed by atoms with Crippen LogP contribution in [0.15, 0.2) is 90.2 Å². The summed E-state index contributed by atoms with van der Waals surface area (Å²) in [6.45, 7) is 2.05. The summed E-state index contributed by atoms with van der Waals surface area (Å²) in [6.07, 6.45) is 4.87. The van der Waals surface area contributed by atoms with E-state index in [0.29, 0.717) is 34.4 Å². The molecule has 3 heterocycles. The lowest BCUT2D eigenvalue weighted by Crippen LogP contribution is -2.49. The van der Waals surface area contributed by atoms with Crippen LogP contribution in [-0.2, 0) is 0 Å². The SMILES string of the molecule is CC(Nc1nccc([N+]2(N)C=Nc3cc(C(=O)c4ccccn4)ccc32)n1)c1ccccc1. The van der Waals surface area contributed by atoms with Crippen molar-refractivity contribution in [1.29, 1.82) is 0 Å². The van der Waals surface area contributed by atoms with Crippen LogP contribution < -0.4 is 15.8 Å². The van der Waals surface area contributed by atoms with Gasteiger partial charge in [-0.25, -0.2) is 4.98 Å². The maximum Gasteiger partial charge on any atom is 0.263 e. The van der Waals surface area contributed by atoms with Crippen molar-refractivity contribution in [3.63, 3.8) is 0 Å². The van der Waals surface area contributed by atoms with Crippen LogP contribution in [0, 0.1) is 0 Å². The number of ketones is 1. The number of aromatic nitrogens is 3. The molecule has 8 heteroatoms. The number of carbonyl (C=O) groups is 1. The zero-order valence-electron chi connectivity index (χ0n) is 18.0. The molecule has 1 aliphatic heterocycles. The number of aliphatic imine (C=N–C) groups is 1. The average Bonchev–Trinajstić information content (AvgIpc) is 3.22. The highest BCUT2D eigenvalue weighted by Crippen LogP contribution is 2.41. The third-order valence-corrected chi connectivity index (χ3v) is 5.58. The minimum Gasteiger partial charge on any atom is -0.348 e. The van der Waals surface area contributed by atoms with Crippen molar-refractivity contribution in [1.82, 2.24) is 19.5 Å². The zero-order chi connectivity index (χ0) is 22.8. The molecule has 0 spiro atoms. The number of pyridine rings is 1. The molecule has 33 heavy (non-hydrogen) atoms. The normalized spacial score (nSPS) is 17.4. The van der Waals surface area contributed by atoms with Gasteiger partial charge in [-0.2, -0.15) is 15.8 Å². The van der Waals surface area contributed by atoms with Gasteiger partial charge in [0.2, 0.25) is 18.1 Å². The Balaban J connectivity index is 1.42. The Kier molecular flexibility index (Phi) is 5.21. The summed E-state index contributed by atoms with van der Waals surface area (Å²) in [4.78, 5) is 30.4. The molecular formula is C25H22N7O+. The first-order valence-electron chi connectivity index (χ1n) is 10.5. The highest BCUT2D eigenvalue weighted by atomic mass is 16.1. The molecule has 3 N–H and O–H groups in total. The first kappa shape index (κ1) is 20.6. The number of nitrogens with two attached hydrogens (primary N) is 1. The maximum absolute atomic E-state index is 12.8. The van der Waals surface area contributed by atoms with E-state index in [1.54, 1.807) is 61.2 Å². The Hall–Kier alpha value is -4.27. The maximum atomic E-state index is 12.8. The van der Waals surface area contributed by atoms with Gasteiger partial charge < -0.3 is 5.32 Å². The number of quaternary nitrogens is 1. The molecule has 5 rings (SSSR count). The third kappa shape index (κ3) is 3.89. The number of benzene rings is 2. The van der Waals surface area contributed by atoms with Crippen molar-refractivity contribution >= 4 is 35.3 Å². The van der Waals surface area contributed by atoms with E-state index in [0.717, 1.165) is 5.56 Å². The monoisotopic (exact) mass is 436 g/mol. The van der Waals surface area contributed by atoms with E-state index in [2.05, 4.69) is 25.3 Å². The zero-order valence-corrected chi connectivity index (χ0v) is 18.0. The molecule has 8 nitrogen and oxygen atoms in total. The first-order valence-corrected chi connectivity index (χ1v) is 10.5. The van der Waals surface area contributed by atoms with Gasteiger partial charge in [0.15, 0.2) is 5.69 Å². The summed E-state index contributed by atoms with van der Waals surface area (Å²) >= 11 is 0. The van der Waals surface area contributed by atoms with E-state index in [-0.39, 0.29) is 16.4 Å². The average molecular weight is 436 g/mol. The molecule has 2 atom stereocenters. The van der Waals surface area contributed by atoms with Crippen LogP contribution in [0.2, 0.25) is 0 Å². The molecule has 0 bridgehead atoms.